The Bertz CT molecular complexity index is 7520. The predicted octanol–water partition coefficient (Wildman–Crippen LogP) is 34.1. The van der Waals surface area contributed by atoms with Gasteiger partial charge in [-0.05, 0) is 248 Å². The van der Waals surface area contributed by atoms with Gasteiger partial charge in [0.05, 0.1) is 16.1 Å². The van der Waals surface area contributed by atoms with E-state index in [1.807, 2.05) is 22.7 Å². The summed E-state index contributed by atoms with van der Waals surface area (Å²) in [6, 6.07) is 74.5. The Hall–Kier alpha value is -9.63. The smallest absolute Gasteiger partial charge is 0.153 e. The van der Waals surface area contributed by atoms with Crippen molar-refractivity contribution in [3.63, 3.8) is 0 Å². The van der Waals surface area contributed by atoms with E-state index in [0.717, 1.165) is 66.3 Å². The van der Waals surface area contributed by atoms with Crippen LogP contribution in [0.3, 0.4) is 0 Å². The first kappa shape index (κ1) is 75.8. The fourth-order valence-electron chi connectivity index (χ4n) is 21.4. The molecule has 0 N–H and O–H groups in total. The molecule has 0 radical (unpaired) electrons. The van der Waals surface area contributed by atoms with Crippen molar-refractivity contribution in [2.24, 2.45) is 0 Å². The van der Waals surface area contributed by atoms with Gasteiger partial charge in [0.25, 0.3) is 0 Å². The SMILES string of the molecule is CC[Si](CC)(CC)c1cc2c3sc4cc5c(cc4c3cc3c([Si](CC)(CC)CC)cc4c6sc7cc8c(cc7c6cc1c4c32)sc1ccc(C(C)(C)C)cc18)sc1ccc(C(C)(C)C)cc15.Cc1cccc(C)c1-c1cc2c3oc4ccc(C(C)C)nc4c3cc3c(-c4c(C)cccc4C)cc4c5oc6ccc(C(C)C)nc6c5cc1c4c32. The molecule has 588 valence electrons. The number of hydrogen-bond acceptors (Lipinski definition) is 8. The Balaban J connectivity index is 0.000000151. The van der Waals surface area contributed by atoms with Gasteiger partial charge in [-0.3, -0.25) is 0 Å². The quantitative estimate of drug-likeness (QED) is 0.0904. The number of pyridine rings is 2. The zero-order chi connectivity index (χ0) is 81.7. The second-order valence-corrected chi connectivity index (χ2v) is 52.2. The summed E-state index contributed by atoms with van der Waals surface area (Å²) in [5.74, 6) is 0.607. The molecular formula is C108H102N2O2S4Si2. The van der Waals surface area contributed by atoms with E-state index in [1.54, 1.807) is 31.9 Å². The second-order valence-electron chi connectivity index (χ2n) is 37.5. The van der Waals surface area contributed by atoms with E-state index < -0.39 is 16.1 Å². The Labute approximate surface area is 708 Å². The van der Waals surface area contributed by atoms with Crippen LogP contribution in [-0.2, 0) is 10.8 Å². The van der Waals surface area contributed by atoms with Gasteiger partial charge in [-0.2, -0.15) is 0 Å². The number of rotatable bonds is 12. The molecule has 0 saturated carbocycles. The topological polar surface area (TPSA) is 52.1 Å². The molecule has 0 aliphatic rings. The summed E-state index contributed by atoms with van der Waals surface area (Å²) in [5.41, 5.74) is 20.2. The van der Waals surface area contributed by atoms with Crippen molar-refractivity contribution in [3.8, 4) is 22.3 Å². The van der Waals surface area contributed by atoms with Crippen molar-refractivity contribution in [3.05, 3.63) is 215 Å². The molecule has 22 rings (SSSR count). The third kappa shape index (κ3) is 11.0. The minimum atomic E-state index is -1.89. The summed E-state index contributed by atoms with van der Waals surface area (Å²) in [6.07, 6.45) is 0. The number of nitrogens with zero attached hydrogens (tertiary/aromatic N) is 2. The molecule has 10 heteroatoms. The lowest BCUT2D eigenvalue weighted by Gasteiger charge is -2.34. The number of aryl methyl sites for hydroxylation is 4. The molecule has 0 fully saturated rings. The van der Waals surface area contributed by atoms with Crippen LogP contribution in [0.4, 0.5) is 0 Å². The van der Waals surface area contributed by atoms with Crippen molar-refractivity contribution in [2.75, 3.05) is 0 Å². The predicted molar refractivity (Wildman–Crippen MR) is 531 cm³/mol. The van der Waals surface area contributed by atoms with Crippen LogP contribution in [0.1, 0.15) is 167 Å². The summed E-state index contributed by atoms with van der Waals surface area (Å²) < 4.78 is 25.2. The third-order valence-electron chi connectivity index (χ3n) is 28.5. The van der Waals surface area contributed by atoms with Crippen LogP contribution in [0, 0.1) is 27.7 Å². The number of fused-ring (bicyclic) bond motifs is 22. The van der Waals surface area contributed by atoms with Crippen LogP contribution < -0.4 is 10.4 Å². The van der Waals surface area contributed by atoms with E-state index in [9.17, 15) is 0 Å². The van der Waals surface area contributed by atoms with Gasteiger partial charge < -0.3 is 8.83 Å². The van der Waals surface area contributed by atoms with Gasteiger partial charge in [0.15, 0.2) is 11.2 Å². The fraction of sp³-hybridized carbons (Fsp3) is 0.278. The third-order valence-corrected chi connectivity index (χ3v) is 44.4. The van der Waals surface area contributed by atoms with E-state index in [2.05, 4.69) is 331 Å². The molecule has 0 aliphatic heterocycles. The average molecular weight is 1640 g/mol. The standard InChI is InChI=1S/C60H62S4Si2.C48H40N2O2/c1-13-65(14-2,15-3)53-31-45-56-44(26-42-40-30-50-38(28-52(40)63-57(42)45)36-24-34(60(10,11)12)20-22-48(36)62-50)54(66(16-4,17-5)18-6)32-46-55(56)43(53)25-41-39-29-49-37(27-51(39)64-58(41)46)35-23-33(59(7,8)9)19-21-47(35)61-49;1-23(2)37-15-17-39-45(49-37)35-21-31-29(41-25(5)11-9-12-26(41)6)20-34-44-32(22-36-46-40(52-48(34)36)18-16-38(50-46)24(3)4)30(19-33(43(31)44)47(35)51-39)42-27(7)13-10-14-28(42)8/h19-32H,13-18H2,1-12H3;9-24H,1-8H3. The summed E-state index contributed by atoms with van der Waals surface area (Å²) in [6.45, 7) is 46.8. The molecule has 0 atom stereocenters. The van der Waals surface area contributed by atoms with Gasteiger partial charge in [0, 0.05) is 135 Å². The van der Waals surface area contributed by atoms with Gasteiger partial charge in [-0.1, -0.05) is 218 Å². The lowest BCUT2D eigenvalue weighted by molar-refractivity contribution is 0.591. The summed E-state index contributed by atoms with van der Waals surface area (Å²) >= 11 is 8.10. The maximum Gasteiger partial charge on any atom is 0.153 e. The van der Waals surface area contributed by atoms with Crippen molar-refractivity contribution < 1.29 is 8.83 Å². The molecule has 0 spiro atoms. The molecule has 22 aromatic rings. The normalized spacial score (nSPS) is 13.3. The first-order valence-corrected chi connectivity index (χ1v) is 51.8. The largest absolute Gasteiger partial charge is 0.454 e. The zero-order valence-electron chi connectivity index (χ0n) is 71.9. The number of aromatic nitrogens is 2. The lowest BCUT2D eigenvalue weighted by Crippen LogP contribution is -2.47. The van der Waals surface area contributed by atoms with E-state index in [1.165, 1.54) is 205 Å². The van der Waals surface area contributed by atoms with Gasteiger partial charge in [-0.15, -0.1) is 45.3 Å². The molecule has 8 aromatic heterocycles. The Kier molecular flexibility index (Phi) is 17.3. The highest BCUT2D eigenvalue weighted by atomic mass is 32.1. The van der Waals surface area contributed by atoms with Crippen LogP contribution in [0.5, 0.6) is 0 Å². The number of thiophene rings is 4. The molecule has 0 bridgehead atoms. The first-order valence-electron chi connectivity index (χ1n) is 43.3. The molecular weight excluding hydrogens is 1540 g/mol. The molecule has 4 nitrogen and oxygen atoms in total. The Morgan fingerprint density at radius 3 is 0.992 bits per heavy atom. The monoisotopic (exact) mass is 1640 g/mol. The highest BCUT2D eigenvalue weighted by Gasteiger charge is 2.38. The van der Waals surface area contributed by atoms with Gasteiger partial charge in [-0.25, -0.2) is 9.97 Å². The average Bonchev–Trinajstić information content (AvgIpc) is 1.38. The van der Waals surface area contributed by atoms with Gasteiger partial charge in [0.1, 0.15) is 22.2 Å². The van der Waals surface area contributed by atoms with E-state index >= 15 is 0 Å². The van der Waals surface area contributed by atoms with E-state index in [0.29, 0.717) is 11.8 Å². The van der Waals surface area contributed by atoms with Gasteiger partial charge in [0.2, 0.25) is 0 Å². The molecule has 14 aromatic carbocycles. The maximum atomic E-state index is 6.86. The van der Waals surface area contributed by atoms with Crippen LogP contribution >= 0.6 is 45.3 Å². The molecule has 0 unspecified atom stereocenters. The zero-order valence-corrected chi connectivity index (χ0v) is 77.2. The lowest BCUT2D eigenvalue weighted by atomic mass is 9.82. The van der Waals surface area contributed by atoms with Crippen LogP contribution in [-0.4, -0.2) is 26.1 Å². The van der Waals surface area contributed by atoms with E-state index in [4.69, 9.17) is 18.8 Å². The highest BCUT2D eigenvalue weighted by Crippen LogP contribution is 2.56. The van der Waals surface area contributed by atoms with E-state index in [-0.39, 0.29) is 10.8 Å². The summed E-state index contributed by atoms with van der Waals surface area (Å²) in [7, 11) is -3.79. The fourth-order valence-corrected chi connectivity index (χ4v) is 33.8. The molecule has 0 aliphatic carbocycles. The minimum absolute atomic E-state index is 0.113. The summed E-state index contributed by atoms with van der Waals surface area (Å²) in [5, 5.41) is 33.2. The molecule has 8 heterocycles. The van der Waals surface area contributed by atoms with Crippen molar-refractivity contribution in [1.82, 2.24) is 9.97 Å². The Morgan fingerprint density at radius 2 is 0.644 bits per heavy atom. The summed E-state index contributed by atoms with van der Waals surface area (Å²) in [4.78, 5) is 10.4. The number of hydrogen-bond donors (Lipinski definition) is 0. The first-order chi connectivity index (χ1) is 56.7. The van der Waals surface area contributed by atoms with Crippen LogP contribution in [0.2, 0.25) is 36.3 Å². The Morgan fingerprint density at radius 1 is 0.314 bits per heavy atom. The van der Waals surface area contributed by atoms with Crippen LogP contribution in [0.25, 0.3) is 212 Å². The minimum Gasteiger partial charge on any atom is -0.454 e. The number of benzene rings is 14. The number of furan rings is 2. The molecule has 0 amide bonds. The van der Waals surface area contributed by atoms with Gasteiger partial charge >= 0.3 is 0 Å². The molecule has 0 saturated heterocycles. The van der Waals surface area contributed by atoms with Crippen molar-refractivity contribution in [2.45, 2.75) is 197 Å². The maximum absolute atomic E-state index is 6.86. The van der Waals surface area contributed by atoms with Crippen molar-refractivity contribution in [1.29, 1.82) is 0 Å². The highest BCUT2D eigenvalue weighted by molar-refractivity contribution is 7.29. The van der Waals surface area contributed by atoms with Crippen LogP contribution in [0.15, 0.2) is 179 Å². The second kappa shape index (κ2) is 26.9. The van der Waals surface area contributed by atoms with Crippen molar-refractivity contribution >= 4 is 261 Å². The molecule has 118 heavy (non-hydrogen) atoms.